The zero-order chi connectivity index (χ0) is 29.6. The van der Waals surface area contributed by atoms with Crippen molar-refractivity contribution in [1.82, 2.24) is 24.8 Å². The van der Waals surface area contributed by atoms with Crippen LogP contribution in [0.4, 0.5) is 0 Å². The lowest BCUT2D eigenvalue weighted by atomic mass is 9.78. The van der Waals surface area contributed by atoms with Gasteiger partial charge >= 0.3 is 5.97 Å². The van der Waals surface area contributed by atoms with Gasteiger partial charge in [-0.05, 0) is 37.0 Å². The van der Waals surface area contributed by atoms with Crippen LogP contribution in [0.15, 0.2) is 78.9 Å². The lowest BCUT2D eigenvalue weighted by molar-refractivity contribution is -0.157. The Labute approximate surface area is 248 Å². The standard InChI is InChI=1S/C32H33N5O6/c38-19-24(21-11-4-3-5-12-21)37-28-30(40)35(20-36-23-14-8-7-13-22(23)33-34-36)17-10-16-32(28)27(29(37)39)26-25(43-32)15-6-1-2-9-18-42-31(26)41/h3-8,10-16,24-28,38H,1-2,9,17-20H2/b15-6-/t24-,25-,26+,27+,28?,32+/m1/s1. The number of hydrogen-bond donors (Lipinski definition) is 1. The molecule has 5 heterocycles. The number of hydrogen-bond acceptors (Lipinski definition) is 8. The van der Waals surface area contributed by atoms with E-state index in [0.29, 0.717) is 11.1 Å². The number of fused-ring (bicyclic) bond motifs is 3. The van der Waals surface area contributed by atoms with E-state index in [1.54, 1.807) is 15.7 Å². The molecule has 2 fully saturated rings. The van der Waals surface area contributed by atoms with Crippen LogP contribution < -0.4 is 0 Å². The Morgan fingerprint density at radius 1 is 1.00 bits per heavy atom. The highest BCUT2D eigenvalue weighted by Gasteiger charge is 2.72. The number of para-hydroxylation sites is 1. The van der Waals surface area contributed by atoms with Crippen molar-refractivity contribution < 1.29 is 29.0 Å². The molecule has 2 amide bonds. The first-order valence-corrected chi connectivity index (χ1v) is 14.8. The SMILES string of the molecule is O=C1OCCCC/C=C\[C@H]2O[C@]34C=CCN(Cn5nnc6ccccc65)C(=O)C3N([C@H](CO)c3ccccc3)C(=O)[C@@H]4[C@@H]12. The average Bonchev–Trinajstić information content (AvgIpc) is 3.62. The zero-order valence-corrected chi connectivity index (χ0v) is 23.6. The summed E-state index contributed by atoms with van der Waals surface area (Å²) >= 11 is 0. The number of carbonyl (C=O) groups excluding carboxylic acids is 3. The summed E-state index contributed by atoms with van der Waals surface area (Å²) in [6.45, 7) is 0.161. The van der Waals surface area contributed by atoms with Crippen molar-refractivity contribution in [1.29, 1.82) is 0 Å². The summed E-state index contributed by atoms with van der Waals surface area (Å²) in [6.07, 6.45) is 9.06. The molecule has 4 aliphatic rings. The quantitative estimate of drug-likeness (QED) is 0.359. The Balaban J connectivity index is 1.34. The minimum atomic E-state index is -1.44. The van der Waals surface area contributed by atoms with Crippen molar-refractivity contribution in [3.05, 3.63) is 84.5 Å². The molecule has 222 valence electrons. The molecule has 11 nitrogen and oxygen atoms in total. The number of aromatic nitrogens is 3. The second kappa shape index (κ2) is 11.1. The monoisotopic (exact) mass is 583 g/mol. The average molecular weight is 584 g/mol. The number of likely N-dealkylation sites (tertiary alicyclic amines) is 1. The van der Waals surface area contributed by atoms with E-state index in [-0.39, 0.29) is 25.7 Å². The van der Waals surface area contributed by atoms with Gasteiger partial charge in [0.25, 0.3) is 5.91 Å². The van der Waals surface area contributed by atoms with E-state index in [2.05, 4.69) is 10.3 Å². The fourth-order valence-electron chi connectivity index (χ4n) is 7.08. The van der Waals surface area contributed by atoms with E-state index in [1.165, 1.54) is 4.90 Å². The number of rotatable bonds is 5. The van der Waals surface area contributed by atoms with Gasteiger partial charge in [-0.2, -0.15) is 0 Å². The lowest BCUT2D eigenvalue weighted by Gasteiger charge is -2.38. The molecule has 11 heteroatoms. The summed E-state index contributed by atoms with van der Waals surface area (Å²) in [5, 5.41) is 19.2. The van der Waals surface area contributed by atoms with Crippen LogP contribution in [0, 0.1) is 11.8 Å². The molecule has 1 aromatic heterocycles. The van der Waals surface area contributed by atoms with Gasteiger partial charge in [0.15, 0.2) is 0 Å². The van der Waals surface area contributed by atoms with Crippen LogP contribution in [0.5, 0.6) is 0 Å². The molecule has 3 aromatic rings. The number of amides is 2. The first-order chi connectivity index (χ1) is 21.0. The third kappa shape index (κ3) is 4.45. The van der Waals surface area contributed by atoms with E-state index in [9.17, 15) is 19.5 Å². The highest BCUT2D eigenvalue weighted by molar-refractivity contribution is 5.99. The van der Waals surface area contributed by atoms with Crippen LogP contribution in [0.3, 0.4) is 0 Å². The Bertz CT molecular complexity index is 1600. The first-order valence-electron chi connectivity index (χ1n) is 14.8. The molecule has 7 rings (SSSR count). The predicted molar refractivity (Wildman–Crippen MR) is 154 cm³/mol. The maximum Gasteiger partial charge on any atom is 0.312 e. The fraction of sp³-hybridized carbons (Fsp3) is 0.406. The molecule has 2 saturated heterocycles. The molecule has 6 atom stereocenters. The fourth-order valence-corrected chi connectivity index (χ4v) is 7.08. The van der Waals surface area contributed by atoms with Crippen LogP contribution in [-0.2, 0) is 30.5 Å². The maximum absolute atomic E-state index is 14.7. The Hall–Kier alpha value is -4.35. The number of aliphatic hydroxyl groups excluding tert-OH is 1. The van der Waals surface area contributed by atoms with E-state index < -0.39 is 54.1 Å². The van der Waals surface area contributed by atoms with Crippen LogP contribution in [0.1, 0.15) is 30.9 Å². The van der Waals surface area contributed by atoms with Gasteiger partial charge in [0.05, 0.1) is 36.8 Å². The van der Waals surface area contributed by atoms with Gasteiger partial charge in [-0.1, -0.05) is 72.0 Å². The molecular weight excluding hydrogens is 550 g/mol. The third-order valence-electron chi connectivity index (χ3n) is 9.04. The van der Waals surface area contributed by atoms with Gasteiger partial charge < -0.3 is 24.4 Å². The summed E-state index contributed by atoms with van der Waals surface area (Å²) in [5.41, 5.74) is 0.700. The molecule has 1 spiro atoms. The summed E-state index contributed by atoms with van der Waals surface area (Å²) in [7, 11) is 0. The molecule has 4 aliphatic heterocycles. The number of nitrogens with zero attached hydrogens (tertiary/aromatic N) is 5. The van der Waals surface area contributed by atoms with Gasteiger partial charge in [0.1, 0.15) is 29.7 Å². The Morgan fingerprint density at radius 2 is 1.81 bits per heavy atom. The number of aliphatic hydroxyl groups is 1. The van der Waals surface area contributed by atoms with Crippen molar-refractivity contribution in [3.63, 3.8) is 0 Å². The second-order valence-corrected chi connectivity index (χ2v) is 11.5. The summed E-state index contributed by atoms with van der Waals surface area (Å²) < 4.78 is 14.0. The molecule has 1 N–H and O–H groups in total. The topological polar surface area (TPSA) is 127 Å². The highest BCUT2D eigenvalue weighted by Crippen LogP contribution is 2.54. The van der Waals surface area contributed by atoms with Crippen LogP contribution in [-0.4, -0.2) is 85.2 Å². The van der Waals surface area contributed by atoms with Crippen molar-refractivity contribution >= 4 is 28.8 Å². The molecule has 0 bridgehead atoms. The molecule has 1 unspecified atom stereocenters. The summed E-state index contributed by atoms with van der Waals surface area (Å²) in [6, 6.07) is 14.6. The van der Waals surface area contributed by atoms with Crippen molar-refractivity contribution in [2.75, 3.05) is 19.8 Å². The van der Waals surface area contributed by atoms with E-state index in [0.717, 1.165) is 24.8 Å². The van der Waals surface area contributed by atoms with E-state index in [1.807, 2.05) is 72.8 Å². The minimum absolute atomic E-state index is 0.0902. The van der Waals surface area contributed by atoms with Crippen molar-refractivity contribution in [3.8, 4) is 0 Å². The molecule has 2 aromatic carbocycles. The van der Waals surface area contributed by atoms with E-state index in [4.69, 9.17) is 9.47 Å². The summed E-state index contributed by atoms with van der Waals surface area (Å²) in [4.78, 5) is 45.9. The van der Waals surface area contributed by atoms with E-state index >= 15 is 0 Å². The number of allylic oxidation sites excluding steroid dienone is 1. The molecule has 0 aliphatic carbocycles. The first kappa shape index (κ1) is 27.5. The van der Waals surface area contributed by atoms with Crippen LogP contribution in [0.25, 0.3) is 11.0 Å². The molecular formula is C32H33N5O6. The smallest absolute Gasteiger partial charge is 0.312 e. The van der Waals surface area contributed by atoms with Gasteiger partial charge in [0, 0.05) is 6.54 Å². The number of carbonyl (C=O) groups is 3. The predicted octanol–water partition coefficient (Wildman–Crippen LogP) is 2.38. The minimum Gasteiger partial charge on any atom is -0.465 e. The van der Waals surface area contributed by atoms with Gasteiger partial charge in [-0.3, -0.25) is 14.4 Å². The summed E-state index contributed by atoms with van der Waals surface area (Å²) in [5.74, 6) is -3.25. The second-order valence-electron chi connectivity index (χ2n) is 11.5. The number of esters is 1. The van der Waals surface area contributed by atoms with Crippen LogP contribution >= 0.6 is 0 Å². The molecule has 0 radical (unpaired) electrons. The largest absolute Gasteiger partial charge is 0.465 e. The van der Waals surface area contributed by atoms with Crippen LogP contribution in [0.2, 0.25) is 0 Å². The Morgan fingerprint density at radius 3 is 2.65 bits per heavy atom. The number of cyclic esters (lactones) is 1. The molecule has 0 saturated carbocycles. The van der Waals surface area contributed by atoms with Gasteiger partial charge in [0.2, 0.25) is 5.91 Å². The Kier molecular flexibility index (Phi) is 7.06. The highest BCUT2D eigenvalue weighted by atomic mass is 16.6. The lowest BCUT2D eigenvalue weighted by Crippen LogP contribution is -2.56. The third-order valence-corrected chi connectivity index (χ3v) is 9.04. The maximum atomic E-state index is 14.7. The van der Waals surface area contributed by atoms with Crippen molar-refractivity contribution in [2.45, 2.75) is 49.7 Å². The zero-order valence-electron chi connectivity index (χ0n) is 23.6. The normalized spacial score (nSPS) is 30.4. The van der Waals surface area contributed by atoms with Crippen molar-refractivity contribution in [2.24, 2.45) is 11.8 Å². The number of ether oxygens (including phenoxy) is 2. The molecule has 43 heavy (non-hydrogen) atoms. The number of benzene rings is 2. The van der Waals surface area contributed by atoms with Gasteiger partial charge in [-0.25, -0.2) is 4.68 Å². The van der Waals surface area contributed by atoms with Gasteiger partial charge in [-0.15, -0.1) is 5.10 Å².